The van der Waals surface area contributed by atoms with Gasteiger partial charge in [0.05, 0.1) is 5.00 Å². The Kier molecular flexibility index (Phi) is 3.44. The number of carboxylic acid groups (broad SMARTS) is 1. The normalized spacial score (nSPS) is 19.2. The van der Waals surface area contributed by atoms with Gasteiger partial charge in [0.25, 0.3) is 5.91 Å². The predicted octanol–water partition coefficient (Wildman–Crippen LogP) is 1.87. The Morgan fingerprint density at radius 2 is 2.35 bits per heavy atom. The number of carbonyl (C=O) groups is 2. The van der Waals surface area contributed by atoms with Crippen LogP contribution in [0.5, 0.6) is 0 Å². The van der Waals surface area contributed by atoms with Crippen LogP contribution < -0.4 is 5.32 Å². The lowest BCUT2D eigenvalue weighted by Gasteiger charge is -2.08. The Morgan fingerprint density at radius 3 is 2.88 bits per heavy atom. The molecule has 1 aliphatic heterocycles. The van der Waals surface area contributed by atoms with E-state index in [9.17, 15) is 9.59 Å². The monoisotopic (exact) mass is 255 g/mol. The van der Waals surface area contributed by atoms with Gasteiger partial charge in [0.15, 0.2) is 0 Å². The van der Waals surface area contributed by atoms with Crippen LogP contribution in [-0.2, 0) is 9.53 Å². The summed E-state index contributed by atoms with van der Waals surface area (Å²) in [5.41, 5.74) is 0.658. The van der Waals surface area contributed by atoms with Crippen molar-refractivity contribution in [3.05, 3.63) is 16.5 Å². The molecule has 0 saturated carbocycles. The number of nitrogens with one attached hydrogen (secondary N) is 1. The number of hydrogen-bond acceptors (Lipinski definition) is 4. The van der Waals surface area contributed by atoms with Gasteiger partial charge in [-0.05, 0) is 31.4 Å². The SMILES string of the molecule is Cc1cc(NC(=O)C2CCCO2)sc1C(=O)O. The van der Waals surface area contributed by atoms with Crippen LogP contribution in [0.3, 0.4) is 0 Å². The highest BCUT2D eigenvalue weighted by Gasteiger charge is 2.24. The molecule has 1 aliphatic rings. The first-order chi connectivity index (χ1) is 8.08. The van der Waals surface area contributed by atoms with E-state index in [4.69, 9.17) is 9.84 Å². The summed E-state index contributed by atoms with van der Waals surface area (Å²) in [4.78, 5) is 22.8. The highest BCUT2D eigenvalue weighted by Crippen LogP contribution is 2.27. The smallest absolute Gasteiger partial charge is 0.346 e. The van der Waals surface area contributed by atoms with Crippen molar-refractivity contribution in [2.75, 3.05) is 11.9 Å². The van der Waals surface area contributed by atoms with Crippen molar-refractivity contribution in [2.45, 2.75) is 25.9 Å². The lowest BCUT2D eigenvalue weighted by Crippen LogP contribution is -2.26. The number of carbonyl (C=O) groups excluding carboxylic acids is 1. The minimum atomic E-state index is -0.967. The van der Waals surface area contributed by atoms with Crippen molar-refractivity contribution in [1.29, 1.82) is 0 Å². The molecule has 0 aliphatic carbocycles. The summed E-state index contributed by atoms with van der Waals surface area (Å²) >= 11 is 1.07. The molecule has 1 aromatic heterocycles. The third-order valence-electron chi connectivity index (χ3n) is 2.58. The maximum atomic E-state index is 11.7. The Balaban J connectivity index is 2.05. The standard InChI is InChI=1S/C11H13NO4S/c1-6-5-8(17-9(6)11(14)15)12-10(13)7-3-2-4-16-7/h5,7H,2-4H2,1H3,(H,12,13)(H,14,15). The largest absolute Gasteiger partial charge is 0.477 e. The van der Waals surface area contributed by atoms with E-state index < -0.39 is 12.1 Å². The second kappa shape index (κ2) is 4.85. The lowest BCUT2D eigenvalue weighted by atomic mass is 10.2. The molecule has 1 unspecified atom stereocenters. The minimum Gasteiger partial charge on any atom is -0.477 e. The van der Waals surface area contributed by atoms with Gasteiger partial charge in [-0.1, -0.05) is 0 Å². The van der Waals surface area contributed by atoms with E-state index in [0.29, 0.717) is 17.2 Å². The summed E-state index contributed by atoms with van der Waals surface area (Å²) in [6.45, 7) is 2.32. The van der Waals surface area contributed by atoms with Gasteiger partial charge in [0.2, 0.25) is 0 Å². The molecule has 17 heavy (non-hydrogen) atoms. The number of aryl methyl sites for hydroxylation is 1. The first-order valence-corrected chi connectivity index (χ1v) is 6.16. The average molecular weight is 255 g/mol. The lowest BCUT2D eigenvalue weighted by molar-refractivity contribution is -0.124. The van der Waals surface area contributed by atoms with E-state index in [0.717, 1.165) is 24.2 Å². The van der Waals surface area contributed by atoms with Crippen LogP contribution in [-0.4, -0.2) is 29.7 Å². The fraction of sp³-hybridized carbons (Fsp3) is 0.455. The molecule has 1 amide bonds. The van der Waals surface area contributed by atoms with Gasteiger partial charge in [-0.15, -0.1) is 11.3 Å². The van der Waals surface area contributed by atoms with E-state index in [2.05, 4.69) is 5.32 Å². The van der Waals surface area contributed by atoms with Gasteiger partial charge < -0.3 is 15.2 Å². The van der Waals surface area contributed by atoms with Crippen LogP contribution in [0.4, 0.5) is 5.00 Å². The molecule has 2 rings (SSSR count). The average Bonchev–Trinajstić information content (AvgIpc) is 2.86. The first kappa shape index (κ1) is 12.1. The Morgan fingerprint density at radius 1 is 1.59 bits per heavy atom. The van der Waals surface area contributed by atoms with E-state index >= 15 is 0 Å². The Labute approximate surface area is 102 Å². The number of ether oxygens (including phenoxy) is 1. The molecular formula is C11H13NO4S. The second-order valence-electron chi connectivity index (χ2n) is 3.92. The van der Waals surface area contributed by atoms with Gasteiger partial charge in [0.1, 0.15) is 11.0 Å². The molecule has 6 heteroatoms. The van der Waals surface area contributed by atoms with Crippen LogP contribution in [0.15, 0.2) is 6.07 Å². The summed E-state index contributed by atoms with van der Waals surface area (Å²) < 4.78 is 5.25. The zero-order valence-corrected chi connectivity index (χ0v) is 10.2. The zero-order valence-electron chi connectivity index (χ0n) is 9.36. The molecule has 0 radical (unpaired) electrons. The summed E-state index contributed by atoms with van der Waals surface area (Å²) in [5, 5.41) is 12.1. The summed E-state index contributed by atoms with van der Waals surface area (Å²) in [6, 6.07) is 1.67. The third-order valence-corrected chi connectivity index (χ3v) is 3.72. The summed E-state index contributed by atoms with van der Waals surface area (Å²) in [5.74, 6) is -1.16. The van der Waals surface area contributed by atoms with E-state index in [1.54, 1.807) is 13.0 Å². The number of aromatic carboxylic acids is 1. The Bertz CT molecular complexity index is 448. The number of rotatable bonds is 3. The van der Waals surface area contributed by atoms with Crippen molar-refractivity contribution in [2.24, 2.45) is 0 Å². The topological polar surface area (TPSA) is 75.6 Å². The number of thiophene rings is 1. The fourth-order valence-electron chi connectivity index (χ4n) is 1.74. The first-order valence-electron chi connectivity index (χ1n) is 5.34. The number of amides is 1. The molecular weight excluding hydrogens is 242 g/mol. The van der Waals surface area contributed by atoms with Crippen molar-refractivity contribution < 1.29 is 19.4 Å². The van der Waals surface area contributed by atoms with E-state index in [-0.39, 0.29) is 10.8 Å². The highest BCUT2D eigenvalue weighted by atomic mass is 32.1. The van der Waals surface area contributed by atoms with Gasteiger partial charge in [-0.3, -0.25) is 4.79 Å². The fourth-order valence-corrected chi connectivity index (χ4v) is 2.66. The molecule has 2 N–H and O–H groups in total. The molecule has 1 fully saturated rings. The summed E-state index contributed by atoms with van der Waals surface area (Å²) in [7, 11) is 0. The highest BCUT2D eigenvalue weighted by molar-refractivity contribution is 7.18. The van der Waals surface area contributed by atoms with E-state index in [1.165, 1.54) is 0 Å². The van der Waals surface area contributed by atoms with Gasteiger partial charge >= 0.3 is 5.97 Å². The number of hydrogen-bond donors (Lipinski definition) is 2. The van der Waals surface area contributed by atoms with Gasteiger partial charge in [-0.2, -0.15) is 0 Å². The second-order valence-corrected chi connectivity index (χ2v) is 4.97. The van der Waals surface area contributed by atoms with Crippen molar-refractivity contribution in [3.63, 3.8) is 0 Å². The van der Waals surface area contributed by atoms with Crippen molar-refractivity contribution in [1.82, 2.24) is 0 Å². The van der Waals surface area contributed by atoms with Crippen LogP contribution in [0.2, 0.25) is 0 Å². The van der Waals surface area contributed by atoms with Crippen molar-refractivity contribution >= 4 is 28.2 Å². The molecule has 1 atom stereocenters. The van der Waals surface area contributed by atoms with Gasteiger partial charge in [-0.25, -0.2) is 4.79 Å². The van der Waals surface area contributed by atoms with Crippen LogP contribution in [0.1, 0.15) is 28.1 Å². The zero-order chi connectivity index (χ0) is 12.4. The summed E-state index contributed by atoms with van der Waals surface area (Å²) in [6.07, 6.45) is 1.22. The maximum absolute atomic E-state index is 11.7. The molecule has 5 nitrogen and oxygen atoms in total. The predicted molar refractivity (Wildman–Crippen MR) is 63.6 cm³/mol. The molecule has 2 heterocycles. The molecule has 0 spiro atoms. The molecule has 1 saturated heterocycles. The minimum absolute atomic E-state index is 0.194. The molecule has 92 valence electrons. The number of anilines is 1. The third kappa shape index (κ3) is 2.65. The molecule has 0 bridgehead atoms. The molecule has 1 aromatic rings. The van der Waals surface area contributed by atoms with Crippen LogP contribution >= 0.6 is 11.3 Å². The van der Waals surface area contributed by atoms with Crippen LogP contribution in [0, 0.1) is 6.92 Å². The Hall–Kier alpha value is -1.40. The van der Waals surface area contributed by atoms with Crippen LogP contribution in [0.25, 0.3) is 0 Å². The quantitative estimate of drug-likeness (QED) is 0.864. The van der Waals surface area contributed by atoms with Gasteiger partial charge in [0, 0.05) is 6.61 Å². The maximum Gasteiger partial charge on any atom is 0.346 e. The van der Waals surface area contributed by atoms with Crippen molar-refractivity contribution in [3.8, 4) is 0 Å². The number of carboxylic acids is 1. The molecule has 0 aromatic carbocycles. The van der Waals surface area contributed by atoms with E-state index in [1.807, 2.05) is 0 Å².